The second-order valence-electron chi connectivity index (χ2n) is 5.25. The summed E-state index contributed by atoms with van der Waals surface area (Å²) in [6, 6.07) is 7.23. The summed E-state index contributed by atoms with van der Waals surface area (Å²) in [5, 5.41) is 13.4. The number of furan rings is 1. The molecule has 0 saturated heterocycles. The summed E-state index contributed by atoms with van der Waals surface area (Å²) < 4.78 is 19.8. The van der Waals surface area contributed by atoms with Gasteiger partial charge in [-0.2, -0.15) is 0 Å². The van der Waals surface area contributed by atoms with E-state index < -0.39 is 28.6 Å². The average Bonchev–Trinajstić information content (AvgIpc) is 3.23. The van der Waals surface area contributed by atoms with Crippen LogP contribution in [0.3, 0.4) is 0 Å². The number of nitro groups is 1. The molecule has 0 spiro atoms. The molecule has 0 aliphatic carbocycles. The summed E-state index contributed by atoms with van der Waals surface area (Å²) in [6.07, 6.45) is 3.27. The van der Waals surface area contributed by atoms with Crippen molar-refractivity contribution in [1.29, 1.82) is 0 Å². The molecule has 3 aromatic rings. The Morgan fingerprint density at radius 3 is 2.60 bits per heavy atom. The fourth-order valence-electron chi connectivity index (χ4n) is 2.36. The third-order valence-electron chi connectivity index (χ3n) is 3.59. The molecule has 1 amide bonds. The average molecular weight is 344 g/mol. The van der Waals surface area contributed by atoms with Crippen molar-refractivity contribution < 1.29 is 18.5 Å². The second-order valence-corrected chi connectivity index (χ2v) is 5.25. The summed E-state index contributed by atoms with van der Waals surface area (Å²) in [6.45, 7) is 0. The maximum absolute atomic E-state index is 13.2. The van der Waals surface area contributed by atoms with E-state index in [1.807, 2.05) is 0 Å². The molecule has 8 nitrogen and oxygen atoms in total. The van der Waals surface area contributed by atoms with Gasteiger partial charge in [0.05, 0.1) is 6.07 Å². The van der Waals surface area contributed by atoms with Crippen molar-refractivity contribution in [3.8, 4) is 0 Å². The Kier molecular flexibility index (Phi) is 4.29. The largest absolute Gasteiger partial charge is 0.433 e. The lowest BCUT2D eigenvalue weighted by atomic mass is 10.1. The van der Waals surface area contributed by atoms with Crippen molar-refractivity contribution in [2.24, 2.45) is 7.05 Å². The Hall–Kier alpha value is -3.49. The molecule has 2 heterocycles. The monoisotopic (exact) mass is 344 g/mol. The molecule has 0 bridgehead atoms. The van der Waals surface area contributed by atoms with E-state index in [0.717, 1.165) is 6.07 Å². The zero-order valence-corrected chi connectivity index (χ0v) is 13.0. The lowest BCUT2D eigenvalue weighted by Gasteiger charge is -2.18. The lowest BCUT2D eigenvalue weighted by Crippen LogP contribution is -2.30. The van der Waals surface area contributed by atoms with Crippen molar-refractivity contribution in [3.63, 3.8) is 0 Å². The minimum absolute atomic E-state index is 0.201. The normalized spacial score (nSPS) is 11.9. The van der Waals surface area contributed by atoms with Gasteiger partial charge in [-0.25, -0.2) is 9.37 Å². The fourth-order valence-corrected chi connectivity index (χ4v) is 2.36. The first-order valence-corrected chi connectivity index (χ1v) is 7.23. The Morgan fingerprint density at radius 2 is 2.04 bits per heavy atom. The number of aromatic nitrogens is 2. The highest BCUT2D eigenvalue weighted by molar-refractivity contribution is 5.92. The van der Waals surface area contributed by atoms with Crippen molar-refractivity contribution in [2.45, 2.75) is 6.04 Å². The van der Waals surface area contributed by atoms with Crippen LogP contribution in [-0.2, 0) is 7.05 Å². The molecule has 1 aromatic carbocycles. The Balaban J connectivity index is 1.92. The molecule has 0 aliphatic rings. The number of benzene rings is 1. The van der Waals surface area contributed by atoms with Crippen LogP contribution in [0.1, 0.15) is 28.0 Å². The van der Waals surface area contributed by atoms with E-state index in [0.29, 0.717) is 11.4 Å². The number of amides is 1. The van der Waals surface area contributed by atoms with Crippen LogP contribution in [0.2, 0.25) is 0 Å². The predicted molar refractivity (Wildman–Crippen MR) is 84.3 cm³/mol. The van der Waals surface area contributed by atoms with Crippen LogP contribution in [-0.4, -0.2) is 20.4 Å². The van der Waals surface area contributed by atoms with Gasteiger partial charge in [-0.15, -0.1) is 0 Å². The summed E-state index contributed by atoms with van der Waals surface area (Å²) in [5.74, 6) is -1.27. The van der Waals surface area contributed by atoms with Crippen LogP contribution in [0, 0.1) is 15.9 Å². The molecular formula is C16H13FN4O4. The van der Waals surface area contributed by atoms with E-state index in [1.165, 1.54) is 30.3 Å². The molecule has 1 atom stereocenters. The van der Waals surface area contributed by atoms with Gasteiger partial charge in [-0.3, -0.25) is 14.9 Å². The highest BCUT2D eigenvalue weighted by atomic mass is 19.1. The molecule has 0 radical (unpaired) electrons. The summed E-state index contributed by atoms with van der Waals surface area (Å²) in [7, 11) is 1.75. The first kappa shape index (κ1) is 16.4. The number of halogens is 1. The second kappa shape index (κ2) is 6.56. The Bertz CT molecular complexity index is 916. The van der Waals surface area contributed by atoms with Gasteiger partial charge in [0.15, 0.2) is 5.76 Å². The third-order valence-corrected chi connectivity index (χ3v) is 3.59. The van der Waals surface area contributed by atoms with E-state index in [-0.39, 0.29) is 5.76 Å². The highest BCUT2D eigenvalue weighted by Crippen LogP contribution is 2.22. The van der Waals surface area contributed by atoms with Gasteiger partial charge in [0.25, 0.3) is 5.91 Å². The number of imidazole rings is 1. The smallest absolute Gasteiger partial charge is 0.395 e. The van der Waals surface area contributed by atoms with E-state index >= 15 is 0 Å². The fraction of sp³-hybridized carbons (Fsp3) is 0.125. The van der Waals surface area contributed by atoms with E-state index in [1.54, 1.807) is 24.0 Å². The molecule has 1 N–H and O–H groups in total. The van der Waals surface area contributed by atoms with Gasteiger partial charge >= 0.3 is 5.88 Å². The summed E-state index contributed by atoms with van der Waals surface area (Å²) in [4.78, 5) is 26.6. The van der Waals surface area contributed by atoms with Crippen molar-refractivity contribution in [2.75, 3.05) is 0 Å². The quantitative estimate of drug-likeness (QED) is 0.566. The number of carbonyl (C=O) groups is 1. The standard InChI is InChI=1S/C16H13FN4O4/c1-20-9-8-18-15(20)14(10-2-4-11(17)5-3-10)19-16(22)12-6-7-13(25-12)21(23)24/h2-9,14H,1H3,(H,19,22). The Morgan fingerprint density at radius 1 is 1.32 bits per heavy atom. The van der Waals surface area contributed by atoms with Crippen molar-refractivity contribution in [3.05, 3.63) is 81.9 Å². The number of nitrogens with zero attached hydrogens (tertiary/aromatic N) is 3. The Labute approximate surface area is 141 Å². The molecule has 0 saturated carbocycles. The van der Waals surface area contributed by atoms with E-state index in [4.69, 9.17) is 4.42 Å². The number of nitrogens with one attached hydrogen (secondary N) is 1. The SMILES string of the molecule is Cn1ccnc1C(NC(=O)c1ccc([N+](=O)[O-])o1)c1ccc(F)cc1. The van der Waals surface area contributed by atoms with Gasteiger partial charge in [-0.05, 0) is 23.8 Å². The minimum atomic E-state index is -0.729. The minimum Gasteiger partial charge on any atom is -0.395 e. The van der Waals surface area contributed by atoms with Crippen molar-refractivity contribution in [1.82, 2.24) is 14.9 Å². The van der Waals surface area contributed by atoms with Crippen LogP contribution < -0.4 is 5.32 Å². The molecule has 9 heteroatoms. The number of aryl methyl sites for hydroxylation is 1. The maximum atomic E-state index is 13.2. The lowest BCUT2D eigenvalue weighted by molar-refractivity contribution is -0.402. The van der Waals surface area contributed by atoms with Crippen molar-refractivity contribution >= 4 is 11.8 Å². The summed E-state index contributed by atoms with van der Waals surface area (Å²) >= 11 is 0. The molecule has 3 rings (SSSR count). The van der Waals surface area contributed by atoms with Gasteiger partial charge in [0.2, 0.25) is 0 Å². The zero-order chi connectivity index (χ0) is 18.0. The molecule has 25 heavy (non-hydrogen) atoms. The summed E-state index contributed by atoms with van der Waals surface area (Å²) in [5.41, 5.74) is 0.602. The topological polar surface area (TPSA) is 103 Å². The molecular weight excluding hydrogens is 331 g/mol. The number of carbonyl (C=O) groups excluding carboxylic acids is 1. The van der Waals surface area contributed by atoms with Gasteiger partial charge < -0.3 is 14.3 Å². The maximum Gasteiger partial charge on any atom is 0.433 e. The highest BCUT2D eigenvalue weighted by Gasteiger charge is 2.24. The first-order chi connectivity index (χ1) is 12.0. The number of hydrogen-bond donors (Lipinski definition) is 1. The number of rotatable bonds is 5. The molecule has 2 aromatic heterocycles. The van der Waals surface area contributed by atoms with Crippen LogP contribution in [0.25, 0.3) is 0 Å². The van der Waals surface area contributed by atoms with Crippen LogP contribution in [0.4, 0.5) is 10.3 Å². The van der Waals surface area contributed by atoms with Crippen LogP contribution in [0.5, 0.6) is 0 Å². The molecule has 0 aliphatic heterocycles. The predicted octanol–water partition coefficient (Wildman–Crippen LogP) is 2.58. The van der Waals surface area contributed by atoms with Crippen LogP contribution in [0.15, 0.2) is 53.2 Å². The van der Waals surface area contributed by atoms with Gasteiger partial charge in [0, 0.05) is 19.4 Å². The van der Waals surface area contributed by atoms with Gasteiger partial charge in [-0.1, -0.05) is 12.1 Å². The molecule has 128 valence electrons. The zero-order valence-electron chi connectivity index (χ0n) is 13.0. The number of hydrogen-bond acceptors (Lipinski definition) is 5. The first-order valence-electron chi connectivity index (χ1n) is 7.23. The van der Waals surface area contributed by atoms with Crippen LogP contribution >= 0.6 is 0 Å². The van der Waals surface area contributed by atoms with E-state index in [2.05, 4.69) is 10.3 Å². The van der Waals surface area contributed by atoms with E-state index in [9.17, 15) is 19.3 Å². The third kappa shape index (κ3) is 3.39. The molecule has 0 fully saturated rings. The molecule has 1 unspecified atom stereocenters. The van der Waals surface area contributed by atoms with Gasteiger partial charge in [0.1, 0.15) is 22.6 Å².